The zero-order valence-corrected chi connectivity index (χ0v) is 15.7. The molecule has 1 N–H and O–H groups in total. The smallest absolute Gasteiger partial charge is 0.163 e. The summed E-state index contributed by atoms with van der Waals surface area (Å²) >= 11 is 1.88. The van der Waals surface area contributed by atoms with E-state index >= 15 is 0 Å². The van der Waals surface area contributed by atoms with Crippen molar-refractivity contribution in [3.05, 3.63) is 35.0 Å². The number of aryl methyl sites for hydroxylation is 2. The van der Waals surface area contributed by atoms with Gasteiger partial charge in [-0.1, -0.05) is 0 Å². The zero-order valence-electron chi connectivity index (χ0n) is 14.9. The number of fused-ring (bicyclic) bond motifs is 3. The summed E-state index contributed by atoms with van der Waals surface area (Å²) in [6.07, 6.45) is 9.74. The van der Waals surface area contributed by atoms with Crippen LogP contribution in [0.15, 0.2) is 24.5 Å². The van der Waals surface area contributed by atoms with Gasteiger partial charge in [0.05, 0.1) is 5.39 Å². The first-order valence-corrected chi connectivity index (χ1v) is 10.4. The van der Waals surface area contributed by atoms with Crippen molar-refractivity contribution in [2.75, 3.05) is 31.1 Å². The van der Waals surface area contributed by atoms with E-state index in [-0.39, 0.29) is 0 Å². The second kappa shape index (κ2) is 6.93. The largest absolute Gasteiger partial charge is 0.355 e. The quantitative estimate of drug-likeness (QED) is 0.754. The van der Waals surface area contributed by atoms with Gasteiger partial charge < -0.3 is 10.2 Å². The lowest BCUT2D eigenvalue weighted by molar-refractivity contribution is 0.699. The van der Waals surface area contributed by atoms with Gasteiger partial charge in [-0.25, -0.2) is 9.97 Å². The van der Waals surface area contributed by atoms with Crippen LogP contribution in [0.25, 0.3) is 21.6 Å². The van der Waals surface area contributed by atoms with Gasteiger partial charge in [-0.05, 0) is 56.3 Å². The van der Waals surface area contributed by atoms with E-state index in [0.29, 0.717) is 0 Å². The van der Waals surface area contributed by atoms with Crippen LogP contribution in [-0.2, 0) is 12.8 Å². The molecule has 0 unspecified atom stereocenters. The average molecular weight is 366 g/mol. The zero-order chi connectivity index (χ0) is 17.3. The van der Waals surface area contributed by atoms with Gasteiger partial charge in [-0.3, -0.25) is 4.98 Å². The number of anilines is 1. The van der Waals surface area contributed by atoms with E-state index in [4.69, 9.17) is 9.97 Å². The summed E-state index contributed by atoms with van der Waals surface area (Å²) in [6, 6.07) is 4.00. The summed E-state index contributed by atoms with van der Waals surface area (Å²) in [6.45, 7) is 4.16. The van der Waals surface area contributed by atoms with Crippen molar-refractivity contribution in [2.45, 2.75) is 32.1 Å². The minimum atomic E-state index is 0.825. The number of thiophene rings is 1. The summed E-state index contributed by atoms with van der Waals surface area (Å²) in [5.74, 6) is 1.97. The Morgan fingerprint density at radius 3 is 2.77 bits per heavy atom. The summed E-state index contributed by atoms with van der Waals surface area (Å²) in [7, 11) is 0. The van der Waals surface area contributed by atoms with Crippen LogP contribution >= 0.6 is 11.3 Å². The first-order chi connectivity index (χ1) is 12.9. The van der Waals surface area contributed by atoms with Crippen molar-refractivity contribution in [1.82, 2.24) is 20.3 Å². The predicted molar refractivity (Wildman–Crippen MR) is 107 cm³/mol. The molecule has 26 heavy (non-hydrogen) atoms. The maximum Gasteiger partial charge on any atom is 0.163 e. The fourth-order valence-corrected chi connectivity index (χ4v) is 5.31. The third-order valence-electron chi connectivity index (χ3n) is 5.37. The first-order valence-electron chi connectivity index (χ1n) is 9.58. The van der Waals surface area contributed by atoms with Crippen molar-refractivity contribution in [3.63, 3.8) is 0 Å². The van der Waals surface area contributed by atoms with Crippen molar-refractivity contribution in [2.24, 2.45) is 0 Å². The number of aromatic nitrogens is 3. The molecule has 2 aliphatic rings. The molecule has 0 saturated carbocycles. The molecule has 0 amide bonds. The standard InChI is InChI=1S/C20H23N5S/c1-2-5-16-15(4-1)17-19(25-12-3-8-21-11-13-25)23-18(24-20(17)26-16)14-6-9-22-10-7-14/h6-7,9-10,21H,1-5,8,11-13H2. The first kappa shape index (κ1) is 16.1. The highest BCUT2D eigenvalue weighted by molar-refractivity contribution is 7.19. The lowest BCUT2D eigenvalue weighted by Crippen LogP contribution is -2.29. The van der Waals surface area contributed by atoms with Gasteiger partial charge in [0.1, 0.15) is 10.6 Å². The highest BCUT2D eigenvalue weighted by atomic mass is 32.1. The summed E-state index contributed by atoms with van der Waals surface area (Å²) in [4.78, 5) is 19.3. The molecule has 0 spiro atoms. The molecule has 6 heteroatoms. The van der Waals surface area contributed by atoms with E-state index in [1.807, 2.05) is 35.9 Å². The average Bonchev–Trinajstić information content (AvgIpc) is 2.87. The second-order valence-corrected chi connectivity index (χ2v) is 8.17. The molecule has 0 atom stereocenters. The Morgan fingerprint density at radius 2 is 1.85 bits per heavy atom. The molecule has 0 bridgehead atoms. The van der Waals surface area contributed by atoms with Crippen LogP contribution in [-0.4, -0.2) is 41.1 Å². The predicted octanol–water partition coefficient (Wildman–Crippen LogP) is 3.43. The summed E-state index contributed by atoms with van der Waals surface area (Å²) < 4.78 is 0. The summed E-state index contributed by atoms with van der Waals surface area (Å²) in [5.41, 5.74) is 2.56. The number of hydrogen-bond donors (Lipinski definition) is 1. The Balaban J connectivity index is 1.71. The maximum absolute atomic E-state index is 5.08. The number of nitrogens with zero attached hydrogens (tertiary/aromatic N) is 4. The minimum absolute atomic E-state index is 0.825. The fraction of sp³-hybridized carbons (Fsp3) is 0.450. The fourth-order valence-electron chi connectivity index (χ4n) is 4.05. The molecule has 134 valence electrons. The molecule has 0 radical (unpaired) electrons. The Hall–Kier alpha value is -2.05. The number of nitrogens with one attached hydrogen (secondary N) is 1. The molecule has 1 aliphatic heterocycles. The van der Waals surface area contributed by atoms with Crippen LogP contribution in [0.2, 0.25) is 0 Å². The lowest BCUT2D eigenvalue weighted by atomic mass is 9.97. The molecule has 3 aromatic heterocycles. The highest BCUT2D eigenvalue weighted by Crippen LogP contribution is 2.40. The minimum Gasteiger partial charge on any atom is -0.355 e. The molecule has 1 saturated heterocycles. The number of rotatable bonds is 2. The van der Waals surface area contributed by atoms with Crippen LogP contribution in [0.3, 0.4) is 0 Å². The Bertz CT molecular complexity index is 913. The molecule has 4 heterocycles. The molecule has 0 aromatic carbocycles. The van der Waals surface area contributed by atoms with Crippen molar-refractivity contribution < 1.29 is 0 Å². The topological polar surface area (TPSA) is 53.9 Å². The van der Waals surface area contributed by atoms with Gasteiger partial charge in [0.15, 0.2) is 5.82 Å². The van der Waals surface area contributed by atoms with Gasteiger partial charge in [0, 0.05) is 42.5 Å². The van der Waals surface area contributed by atoms with E-state index in [9.17, 15) is 0 Å². The van der Waals surface area contributed by atoms with Crippen molar-refractivity contribution in [1.29, 1.82) is 0 Å². The Morgan fingerprint density at radius 1 is 0.962 bits per heavy atom. The summed E-state index contributed by atoms with van der Waals surface area (Å²) in [5, 5.41) is 4.83. The molecular formula is C20H23N5S. The van der Waals surface area contributed by atoms with Crippen LogP contribution in [0.5, 0.6) is 0 Å². The van der Waals surface area contributed by atoms with Crippen LogP contribution < -0.4 is 10.2 Å². The SMILES string of the molecule is c1cc(-c2nc(N3CCCNCC3)c3c4c(sc3n2)CCCC4)ccn1. The van der Waals surface area contributed by atoms with Crippen molar-refractivity contribution in [3.8, 4) is 11.4 Å². The van der Waals surface area contributed by atoms with Gasteiger partial charge in [0.2, 0.25) is 0 Å². The normalized spacial score (nSPS) is 17.9. The Kier molecular flexibility index (Phi) is 4.30. The lowest BCUT2D eigenvalue weighted by Gasteiger charge is -2.23. The van der Waals surface area contributed by atoms with Gasteiger partial charge >= 0.3 is 0 Å². The highest BCUT2D eigenvalue weighted by Gasteiger charge is 2.24. The van der Waals surface area contributed by atoms with Gasteiger partial charge in [0.25, 0.3) is 0 Å². The molecule has 1 aliphatic carbocycles. The van der Waals surface area contributed by atoms with Crippen LogP contribution in [0.1, 0.15) is 29.7 Å². The van der Waals surface area contributed by atoms with E-state index in [0.717, 1.165) is 54.6 Å². The molecule has 5 nitrogen and oxygen atoms in total. The number of hydrogen-bond acceptors (Lipinski definition) is 6. The molecular weight excluding hydrogens is 342 g/mol. The third-order valence-corrected chi connectivity index (χ3v) is 6.56. The van der Waals surface area contributed by atoms with E-state index < -0.39 is 0 Å². The molecule has 5 rings (SSSR count). The van der Waals surface area contributed by atoms with E-state index in [1.54, 1.807) is 0 Å². The van der Waals surface area contributed by atoms with E-state index in [2.05, 4.69) is 15.2 Å². The van der Waals surface area contributed by atoms with Crippen molar-refractivity contribution >= 4 is 27.4 Å². The monoisotopic (exact) mass is 365 g/mol. The molecule has 3 aromatic rings. The maximum atomic E-state index is 5.08. The van der Waals surface area contributed by atoms with Gasteiger partial charge in [-0.2, -0.15) is 0 Å². The number of pyridine rings is 1. The Labute approximate surface area is 157 Å². The van der Waals surface area contributed by atoms with Crippen LogP contribution in [0, 0.1) is 0 Å². The second-order valence-electron chi connectivity index (χ2n) is 7.09. The molecule has 1 fully saturated rings. The van der Waals surface area contributed by atoms with E-state index in [1.165, 1.54) is 41.5 Å². The van der Waals surface area contributed by atoms with Gasteiger partial charge in [-0.15, -0.1) is 11.3 Å². The van der Waals surface area contributed by atoms with Crippen LogP contribution in [0.4, 0.5) is 5.82 Å². The third kappa shape index (κ3) is 2.87.